The minimum absolute atomic E-state index is 0.0643. The van der Waals surface area contributed by atoms with Crippen molar-refractivity contribution >= 4 is 65.0 Å². The second kappa shape index (κ2) is 36.1. The average Bonchev–Trinajstić information content (AvgIpc) is 1.68. The number of halogens is 5. The molecular weight excluding hydrogens is 1230 g/mol. The van der Waals surface area contributed by atoms with E-state index >= 15 is 4.39 Å². The number of aromatic nitrogens is 2. The van der Waals surface area contributed by atoms with Gasteiger partial charge in [-0.15, -0.1) is 0 Å². The summed E-state index contributed by atoms with van der Waals surface area (Å²) in [5.41, 5.74) is 12.6. The number of nitrogens with two attached hydrogens (primary N) is 2. The lowest BCUT2D eigenvalue weighted by Crippen LogP contribution is -2.48. The first kappa shape index (κ1) is 76.2. The maximum atomic E-state index is 15.2. The van der Waals surface area contributed by atoms with Crippen LogP contribution in [0.3, 0.4) is 0 Å². The lowest BCUT2D eigenvalue weighted by atomic mass is 9.84. The van der Waals surface area contributed by atoms with Gasteiger partial charge in [-0.1, -0.05) is 95.6 Å². The van der Waals surface area contributed by atoms with Gasteiger partial charge in [-0.3, -0.25) is 43.3 Å². The number of Topliss-reactive ketones (excluding diaryl/α,β-unsaturated/α-hetero) is 2. The number of hydrogen-bond acceptors (Lipinski definition) is 14. The van der Waals surface area contributed by atoms with E-state index in [1.807, 2.05) is 51.1 Å². The molecule has 0 unspecified atom stereocenters. The fourth-order valence-corrected chi connectivity index (χ4v) is 10.0. The van der Waals surface area contributed by atoms with Crippen molar-refractivity contribution in [2.75, 3.05) is 32.8 Å². The predicted molar refractivity (Wildman–Crippen MR) is 327 cm³/mol. The number of carbonyl (C=O) groups is 11. The normalized spacial score (nSPS) is 13.8. The molecule has 1 aliphatic heterocycles. The molecule has 0 bridgehead atoms. The van der Waals surface area contributed by atoms with Crippen molar-refractivity contribution in [3.8, 4) is 11.3 Å². The Morgan fingerprint density at radius 1 is 0.742 bits per heavy atom. The number of urea groups is 1. The number of alkyl halides is 3. The van der Waals surface area contributed by atoms with Crippen LogP contribution in [0.15, 0.2) is 91.1 Å². The largest absolute Gasteiger partial charge is 0.490 e. The molecule has 0 radical (unpaired) electrons. The molecule has 93 heavy (non-hydrogen) atoms. The van der Waals surface area contributed by atoms with Crippen molar-refractivity contribution in [3.63, 3.8) is 0 Å². The summed E-state index contributed by atoms with van der Waals surface area (Å²) >= 11 is 0. The maximum Gasteiger partial charge on any atom is 0.490 e. The lowest BCUT2D eigenvalue weighted by Gasteiger charge is -2.40. The van der Waals surface area contributed by atoms with Crippen LogP contribution in [-0.4, -0.2) is 157 Å². The predicted octanol–water partition coefficient (Wildman–Crippen LogP) is 5.22. The SMILES string of the molecule is CC(C)[C@H](CC(=O)CCCCCN1C(=O)C=CC1=O)C(=O)N[C@@H](CCCNC(N)=O)C(=O)Cc1ccc(C[C@H](NC(=O)CCNC(=O)[C@@H](N)CCN(C(=O)CO)[C@@H](c2nc(-c3cc(F)ccc3F)cn2Cc2ccccc2)C(C)(C)C)C(=O)O)cc1.O=C(O)C(F)(F)F. The number of carboxylic acid groups (broad SMARTS) is 2. The molecule has 1 aromatic heterocycles. The number of primary amides is 1. The molecule has 0 saturated heterocycles. The number of hydrogen-bond donors (Lipinski definition) is 9. The van der Waals surface area contributed by atoms with E-state index < -0.39 is 102 Å². The highest BCUT2D eigenvalue weighted by atomic mass is 19.4. The van der Waals surface area contributed by atoms with Crippen LogP contribution >= 0.6 is 0 Å². The van der Waals surface area contributed by atoms with E-state index in [2.05, 4.69) is 21.3 Å². The highest BCUT2D eigenvalue weighted by molar-refractivity contribution is 6.12. The number of carboxylic acids is 2. The first-order valence-corrected chi connectivity index (χ1v) is 30.0. The van der Waals surface area contributed by atoms with Gasteiger partial charge >= 0.3 is 24.1 Å². The van der Waals surface area contributed by atoms with Crippen molar-refractivity contribution in [1.29, 1.82) is 0 Å². The van der Waals surface area contributed by atoms with E-state index in [-0.39, 0.29) is 125 Å². The number of imidazole rings is 1. The average molecular weight is 1310 g/mol. The third kappa shape index (κ3) is 25.1. The van der Waals surface area contributed by atoms with Gasteiger partial charge in [0.1, 0.15) is 35.9 Å². The van der Waals surface area contributed by atoms with Gasteiger partial charge in [0.05, 0.1) is 23.8 Å². The summed E-state index contributed by atoms with van der Waals surface area (Å²) in [6.45, 7) is 8.42. The van der Waals surface area contributed by atoms with Crippen LogP contribution in [0.1, 0.15) is 121 Å². The van der Waals surface area contributed by atoms with Crippen molar-refractivity contribution < 1.29 is 90.0 Å². The fraction of sp³-hybridized carbons (Fsp3) is 0.469. The van der Waals surface area contributed by atoms with Gasteiger partial charge in [0.2, 0.25) is 23.6 Å². The van der Waals surface area contributed by atoms with Crippen LogP contribution in [0.2, 0.25) is 0 Å². The van der Waals surface area contributed by atoms with E-state index in [0.29, 0.717) is 36.2 Å². The van der Waals surface area contributed by atoms with E-state index in [1.165, 1.54) is 17.1 Å². The molecule has 1 aliphatic rings. The van der Waals surface area contributed by atoms with E-state index in [1.54, 1.807) is 48.9 Å². The number of benzene rings is 3. The zero-order chi connectivity index (χ0) is 69.3. The van der Waals surface area contributed by atoms with Gasteiger partial charge in [0.15, 0.2) is 5.78 Å². The molecular formula is C64H81F5N10O14. The van der Waals surface area contributed by atoms with Crippen LogP contribution in [-0.2, 0) is 67.3 Å². The Bertz CT molecular complexity index is 3280. The third-order valence-corrected chi connectivity index (χ3v) is 14.9. The molecule has 0 saturated carbocycles. The van der Waals surface area contributed by atoms with Gasteiger partial charge < -0.3 is 57.5 Å². The highest BCUT2D eigenvalue weighted by Crippen LogP contribution is 2.40. The van der Waals surface area contributed by atoms with Crippen LogP contribution in [0.4, 0.5) is 26.7 Å². The maximum absolute atomic E-state index is 15.2. The molecule has 5 atom stereocenters. The Kier molecular flexibility index (Phi) is 29.6. The zero-order valence-corrected chi connectivity index (χ0v) is 52.3. The van der Waals surface area contributed by atoms with Gasteiger partial charge in [0.25, 0.3) is 11.8 Å². The Morgan fingerprint density at radius 3 is 1.96 bits per heavy atom. The topological polar surface area (TPSA) is 373 Å². The Morgan fingerprint density at radius 2 is 1.38 bits per heavy atom. The summed E-state index contributed by atoms with van der Waals surface area (Å²) in [5.74, 6) is -10.1. The molecule has 11 N–H and O–H groups in total. The highest BCUT2D eigenvalue weighted by Gasteiger charge is 2.40. The number of carbonyl (C=O) groups excluding carboxylic acids is 9. The Balaban J connectivity index is 0.00000248. The molecule has 0 aliphatic carbocycles. The molecule has 506 valence electrons. The molecule has 24 nitrogen and oxygen atoms in total. The third-order valence-electron chi connectivity index (χ3n) is 14.9. The summed E-state index contributed by atoms with van der Waals surface area (Å²) in [6, 6.07) is 13.4. The second-order valence-electron chi connectivity index (χ2n) is 23.7. The first-order valence-electron chi connectivity index (χ1n) is 30.0. The fourth-order valence-electron chi connectivity index (χ4n) is 10.0. The molecule has 2 heterocycles. The molecule has 0 fully saturated rings. The molecule has 3 aromatic carbocycles. The van der Waals surface area contributed by atoms with Gasteiger partial charge in [-0.25, -0.2) is 28.1 Å². The smallest absolute Gasteiger partial charge is 0.480 e. The van der Waals surface area contributed by atoms with Crippen LogP contribution in [0.5, 0.6) is 0 Å². The minimum Gasteiger partial charge on any atom is -0.480 e. The van der Waals surface area contributed by atoms with Gasteiger partial charge in [0, 0.05) is 94.7 Å². The number of nitrogens with zero attached hydrogens (tertiary/aromatic N) is 4. The molecule has 4 aromatic rings. The van der Waals surface area contributed by atoms with Crippen LogP contribution in [0, 0.1) is 28.9 Å². The number of aliphatic carboxylic acids is 2. The first-order chi connectivity index (χ1) is 43.7. The van der Waals surface area contributed by atoms with E-state index in [9.17, 15) is 75.7 Å². The van der Waals surface area contributed by atoms with Crippen LogP contribution in [0.25, 0.3) is 11.3 Å². The number of amides is 8. The summed E-state index contributed by atoms with van der Waals surface area (Å²) in [7, 11) is 0. The number of imide groups is 1. The second-order valence-corrected chi connectivity index (χ2v) is 23.7. The Labute approximate surface area is 534 Å². The minimum atomic E-state index is -5.08. The molecule has 8 amide bonds. The van der Waals surface area contributed by atoms with Crippen molar-refractivity contribution in [2.45, 2.75) is 142 Å². The number of unbranched alkanes of at least 4 members (excludes halogenated alkanes) is 2. The van der Waals surface area contributed by atoms with E-state index in [4.69, 9.17) is 26.4 Å². The van der Waals surface area contributed by atoms with Crippen molar-refractivity contribution in [1.82, 2.24) is 40.6 Å². The number of aliphatic hydroxyl groups excluding tert-OH is 1. The van der Waals surface area contributed by atoms with Gasteiger partial charge in [-0.05, 0) is 78.3 Å². The summed E-state index contributed by atoms with van der Waals surface area (Å²) in [5, 5.41) is 37.7. The van der Waals surface area contributed by atoms with Crippen molar-refractivity contribution in [3.05, 3.63) is 125 Å². The lowest BCUT2D eigenvalue weighted by molar-refractivity contribution is -0.192. The number of ketones is 2. The summed E-state index contributed by atoms with van der Waals surface area (Å²) in [6.07, 6.45) is 0.316. The summed E-state index contributed by atoms with van der Waals surface area (Å²) in [4.78, 5) is 144. The molecule has 0 spiro atoms. The monoisotopic (exact) mass is 1310 g/mol. The molecule has 29 heteroatoms. The number of rotatable bonds is 35. The number of aliphatic hydroxyl groups is 1. The van der Waals surface area contributed by atoms with E-state index in [0.717, 1.165) is 28.7 Å². The quantitative estimate of drug-likeness (QED) is 0.0162. The standard InChI is InChI=1S/C62H80F2N10O12.C2HF3O2/c1-38(2)44(34-43(76)15-10-7-11-29-73-53(79)23-24-54(73)80)58(82)71-48(16-12-27-68-61(66)86)51(77)32-40-19-17-39(18-20-40)31-49(60(84)85)69-52(78)25-28-67-59(83)47(65)26-30-74(55(81)37-75)56(62(3,4)5)57-70-50(45-33-42(63)21-22-46(45)64)36-72(57)35-41-13-8-6-9-14-41;3-2(4,5)1(6)7/h6,8-9,13-14,17-24,33,36,38,44,47-49,56,75H,7,10-12,15-16,25-32,34-35,37,65H2,1-5H3,(H,67,83)(H,69,78)(H,71,82)(H,84,85)(H3,66,68,86);(H,6,7)/t44-,47-,48-,49-,56-;/m0./s1. The Hall–Kier alpha value is -9.25. The van der Waals surface area contributed by atoms with Gasteiger partial charge in [-0.2, -0.15) is 13.2 Å². The molecule has 5 rings (SSSR count). The van der Waals surface area contributed by atoms with Crippen LogP contribution < -0.4 is 32.7 Å². The summed E-state index contributed by atoms with van der Waals surface area (Å²) < 4.78 is 63.1. The number of nitrogens with one attached hydrogen (secondary N) is 4. The zero-order valence-electron chi connectivity index (χ0n) is 52.3. The van der Waals surface area contributed by atoms with Crippen molar-refractivity contribution in [2.24, 2.45) is 28.7 Å².